The van der Waals surface area contributed by atoms with Crippen molar-refractivity contribution < 1.29 is 13.2 Å². The normalized spacial score (nSPS) is 29.8. The molecule has 0 aromatic heterocycles. The van der Waals surface area contributed by atoms with Gasteiger partial charge in [0.1, 0.15) is 5.78 Å². The van der Waals surface area contributed by atoms with Gasteiger partial charge in [-0.25, -0.2) is 8.42 Å². The Balaban J connectivity index is 1.85. The SMILES string of the molecule is CC1(C)[C@@H]2CC[C@]1(CS(=O)(=O)Nc1ccc(Br)cc1)C(=O)C2. The van der Waals surface area contributed by atoms with Crippen LogP contribution in [0.1, 0.15) is 33.1 Å². The third kappa shape index (κ3) is 2.40. The van der Waals surface area contributed by atoms with Gasteiger partial charge in [-0.2, -0.15) is 0 Å². The van der Waals surface area contributed by atoms with Gasteiger partial charge in [-0.3, -0.25) is 9.52 Å². The van der Waals surface area contributed by atoms with Crippen molar-refractivity contribution in [2.24, 2.45) is 16.7 Å². The molecule has 120 valence electrons. The Kier molecular flexibility index (Phi) is 3.68. The van der Waals surface area contributed by atoms with Crippen molar-refractivity contribution in [3.8, 4) is 0 Å². The molecule has 1 aromatic rings. The Morgan fingerprint density at radius 1 is 1.27 bits per heavy atom. The molecule has 4 nitrogen and oxygen atoms in total. The highest BCUT2D eigenvalue weighted by molar-refractivity contribution is 9.10. The first-order chi connectivity index (χ1) is 10.2. The fraction of sp³-hybridized carbons (Fsp3) is 0.562. The number of carbonyl (C=O) groups excluding carboxylic acids is 1. The number of Topliss-reactive ketones (excluding diaryl/α,β-unsaturated/α-hetero) is 1. The van der Waals surface area contributed by atoms with E-state index in [2.05, 4.69) is 20.7 Å². The first-order valence-corrected chi connectivity index (χ1v) is 9.90. The van der Waals surface area contributed by atoms with Crippen LogP contribution in [0.3, 0.4) is 0 Å². The largest absolute Gasteiger partial charge is 0.299 e. The van der Waals surface area contributed by atoms with Crippen molar-refractivity contribution in [3.05, 3.63) is 28.7 Å². The molecule has 0 aliphatic heterocycles. The number of hydrogen-bond donors (Lipinski definition) is 1. The topological polar surface area (TPSA) is 63.2 Å². The first-order valence-electron chi connectivity index (χ1n) is 7.46. The van der Waals surface area contributed by atoms with Crippen molar-refractivity contribution in [1.82, 2.24) is 0 Å². The van der Waals surface area contributed by atoms with Gasteiger partial charge >= 0.3 is 0 Å². The molecule has 6 heteroatoms. The van der Waals surface area contributed by atoms with E-state index < -0.39 is 15.4 Å². The first kappa shape index (κ1) is 16.0. The summed E-state index contributed by atoms with van der Waals surface area (Å²) in [6.45, 7) is 4.09. The minimum absolute atomic E-state index is 0.113. The highest BCUT2D eigenvalue weighted by atomic mass is 79.9. The van der Waals surface area contributed by atoms with Crippen molar-refractivity contribution in [2.45, 2.75) is 33.1 Å². The van der Waals surface area contributed by atoms with Crippen LogP contribution < -0.4 is 4.72 Å². The number of anilines is 1. The van der Waals surface area contributed by atoms with Crippen LogP contribution in [0.2, 0.25) is 0 Å². The average Bonchev–Trinajstić information content (AvgIpc) is 2.74. The van der Waals surface area contributed by atoms with Crippen LogP contribution in [0.25, 0.3) is 0 Å². The number of sulfonamides is 1. The third-order valence-electron chi connectivity index (χ3n) is 5.69. The molecule has 0 heterocycles. The van der Waals surface area contributed by atoms with Gasteiger partial charge in [0.2, 0.25) is 10.0 Å². The number of hydrogen-bond acceptors (Lipinski definition) is 3. The van der Waals surface area contributed by atoms with E-state index in [0.717, 1.165) is 10.9 Å². The molecule has 2 aliphatic rings. The molecular formula is C16H20BrNO3S. The molecule has 3 rings (SSSR count). The summed E-state index contributed by atoms with van der Waals surface area (Å²) in [7, 11) is -3.56. The predicted octanol–water partition coefficient (Wildman–Crippen LogP) is 3.59. The van der Waals surface area contributed by atoms with Gasteiger partial charge in [0.05, 0.1) is 11.2 Å². The average molecular weight is 386 g/mol. The number of halogens is 1. The van der Waals surface area contributed by atoms with E-state index in [1.54, 1.807) is 24.3 Å². The fourth-order valence-corrected chi connectivity index (χ4v) is 6.32. The number of fused-ring (bicyclic) bond motifs is 2. The van der Waals surface area contributed by atoms with E-state index in [0.29, 0.717) is 24.4 Å². The second-order valence-electron chi connectivity index (χ2n) is 7.03. The van der Waals surface area contributed by atoms with Crippen LogP contribution in [-0.2, 0) is 14.8 Å². The number of nitrogens with one attached hydrogen (secondary N) is 1. The van der Waals surface area contributed by atoms with E-state index in [-0.39, 0.29) is 17.0 Å². The van der Waals surface area contributed by atoms with Crippen molar-refractivity contribution >= 4 is 37.4 Å². The quantitative estimate of drug-likeness (QED) is 0.860. The summed E-state index contributed by atoms with van der Waals surface area (Å²) in [5, 5.41) is 0. The summed E-state index contributed by atoms with van der Waals surface area (Å²) >= 11 is 3.32. The molecular weight excluding hydrogens is 366 g/mol. The van der Waals surface area contributed by atoms with Crippen LogP contribution in [0.15, 0.2) is 28.7 Å². The lowest BCUT2D eigenvalue weighted by atomic mass is 9.70. The van der Waals surface area contributed by atoms with E-state index >= 15 is 0 Å². The van der Waals surface area contributed by atoms with Crippen LogP contribution in [0.5, 0.6) is 0 Å². The van der Waals surface area contributed by atoms with E-state index in [4.69, 9.17) is 0 Å². The number of carbonyl (C=O) groups is 1. The van der Waals surface area contributed by atoms with Crippen LogP contribution >= 0.6 is 15.9 Å². The molecule has 0 amide bonds. The lowest BCUT2D eigenvalue weighted by Gasteiger charge is -2.36. The fourth-order valence-electron chi connectivity index (χ4n) is 4.17. The minimum atomic E-state index is -3.56. The maximum absolute atomic E-state index is 12.6. The summed E-state index contributed by atoms with van der Waals surface area (Å²) in [5.74, 6) is 0.330. The van der Waals surface area contributed by atoms with Crippen LogP contribution in [-0.4, -0.2) is 20.0 Å². The molecule has 0 radical (unpaired) electrons. The van der Waals surface area contributed by atoms with Gasteiger partial charge in [0, 0.05) is 16.6 Å². The van der Waals surface area contributed by atoms with E-state index in [1.165, 1.54) is 0 Å². The molecule has 2 aliphatic carbocycles. The summed E-state index contributed by atoms with van der Waals surface area (Å²) in [6.07, 6.45) is 2.16. The molecule has 0 saturated heterocycles. The number of benzene rings is 1. The lowest BCUT2D eigenvalue weighted by molar-refractivity contribution is -0.128. The van der Waals surface area contributed by atoms with Gasteiger partial charge in [-0.1, -0.05) is 29.8 Å². The Morgan fingerprint density at radius 3 is 2.41 bits per heavy atom. The molecule has 0 unspecified atom stereocenters. The second kappa shape index (κ2) is 5.06. The maximum atomic E-state index is 12.6. The molecule has 2 bridgehead atoms. The molecule has 1 N–H and O–H groups in total. The second-order valence-corrected chi connectivity index (χ2v) is 9.67. The monoisotopic (exact) mass is 385 g/mol. The molecule has 2 fully saturated rings. The summed E-state index contributed by atoms with van der Waals surface area (Å²) in [5.41, 5.74) is -0.436. The van der Waals surface area contributed by atoms with Crippen LogP contribution in [0, 0.1) is 16.7 Å². The zero-order chi connectivity index (χ0) is 16.2. The Labute approximate surface area is 139 Å². The zero-order valence-electron chi connectivity index (χ0n) is 12.7. The standard InChI is InChI=1S/C16H20BrNO3S/c1-15(2)11-7-8-16(15,14(19)9-11)10-22(20,21)18-13-5-3-12(17)4-6-13/h3-6,11,18H,7-10H2,1-2H3/t11-,16+/m1/s1. The van der Waals surface area contributed by atoms with Crippen LogP contribution in [0.4, 0.5) is 5.69 Å². The summed E-state index contributed by atoms with van der Waals surface area (Å²) in [4.78, 5) is 12.4. The van der Waals surface area contributed by atoms with Crippen molar-refractivity contribution in [2.75, 3.05) is 10.5 Å². The maximum Gasteiger partial charge on any atom is 0.233 e. The van der Waals surface area contributed by atoms with Gasteiger partial charge in [0.25, 0.3) is 0 Å². The van der Waals surface area contributed by atoms with E-state index in [1.807, 2.05) is 13.8 Å². The Bertz CT molecular complexity index is 711. The molecule has 22 heavy (non-hydrogen) atoms. The van der Waals surface area contributed by atoms with Gasteiger partial charge in [0.15, 0.2) is 0 Å². The highest BCUT2D eigenvalue weighted by Gasteiger charge is 2.65. The van der Waals surface area contributed by atoms with E-state index in [9.17, 15) is 13.2 Å². The molecule has 0 spiro atoms. The molecule has 2 saturated carbocycles. The number of rotatable bonds is 4. The molecule has 1 aromatic carbocycles. The van der Waals surface area contributed by atoms with Gasteiger partial charge in [-0.05, 0) is 48.4 Å². The third-order valence-corrected chi connectivity index (χ3v) is 7.64. The van der Waals surface area contributed by atoms with Gasteiger partial charge < -0.3 is 0 Å². The zero-order valence-corrected chi connectivity index (χ0v) is 15.1. The summed E-state index contributed by atoms with van der Waals surface area (Å²) in [6, 6.07) is 6.98. The Morgan fingerprint density at radius 2 is 1.91 bits per heavy atom. The minimum Gasteiger partial charge on any atom is -0.299 e. The van der Waals surface area contributed by atoms with Crippen molar-refractivity contribution in [3.63, 3.8) is 0 Å². The highest BCUT2D eigenvalue weighted by Crippen LogP contribution is 2.64. The van der Waals surface area contributed by atoms with Gasteiger partial charge in [-0.15, -0.1) is 0 Å². The predicted molar refractivity (Wildman–Crippen MR) is 90.1 cm³/mol. The molecule has 2 atom stereocenters. The Hall–Kier alpha value is -0.880. The van der Waals surface area contributed by atoms with Crippen molar-refractivity contribution in [1.29, 1.82) is 0 Å². The lowest BCUT2D eigenvalue weighted by Crippen LogP contribution is -2.43. The smallest absolute Gasteiger partial charge is 0.233 e. The summed E-state index contributed by atoms with van der Waals surface area (Å²) < 4.78 is 28.7. The number of ketones is 1.